The van der Waals surface area contributed by atoms with E-state index in [1.54, 1.807) is 11.0 Å². The van der Waals surface area contributed by atoms with Gasteiger partial charge in [0, 0.05) is 19.1 Å². The molecule has 1 aliphatic heterocycles. The van der Waals surface area contributed by atoms with Crippen molar-refractivity contribution in [2.45, 2.75) is 37.6 Å². The van der Waals surface area contributed by atoms with Gasteiger partial charge in [-0.1, -0.05) is 6.07 Å². The maximum absolute atomic E-state index is 13.8. The van der Waals surface area contributed by atoms with E-state index in [2.05, 4.69) is 5.32 Å². The molecule has 1 saturated carbocycles. The van der Waals surface area contributed by atoms with E-state index in [1.807, 2.05) is 6.07 Å². The zero-order chi connectivity index (χ0) is 18.0. The third-order valence-electron chi connectivity index (χ3n) is 5.17. The highest BCUT2D eigenvalue weighted by molar-refractivity contribution is 5.77. The van der Waals surface area contributed by atoms with Crippen molar-refractivity contribution in [1.82, 2.24) is 10.2 Å². The van der Waals surface area contributed by atoms with Gasteiger partial charge in [0.25, 0.3) is 0 Å². The highest BCUT2D eigenvalue weighted by Crippen LogP contribution is 2.38. The molecule has 2 N–H and O–H groups in total. The molecule has 2 amide bonds. The second-order valence-corrected chi connectivity index (χ2v) is 6.83. The third kappa shape index (κ3) is 3.86. The van der Waals surface area contributed by atoms with Crippen molar-refractivity contribution in [2.24, 2.45) is 5.92 Å². The first-order valence-corrected chi connectivity index (χ1v) is 8.59. The van der Waals surface area contributed by atoms with E-state index in [0.29, 0.717) is 19.4 Å². The summed E-state index contributed by atoms with van der Waals surface area (Å²) < 4.78 is 18.7. The van der Waals surface area contributed by atoms with E-state index in [0.717, 1.165) is 18.4 Å². The number of hydrogen-bond acceptors (Lipinski definition) is 3. The minimum atomic E-state index is -0.845. The predicted molar refractivity (Wildman–Crippen MR) is 89.2 cm³/mol. The molecule has 25 heavy (non-hydrogen) atoms. The molecule has 1 aromatic rings. The van der Waals surface area contributed by atoms with E-state index < -0.39 is 11.9 Å². The lowest BCUT2D eigenvalue weighted by Crippen LogP contribution is -2.52. The smallest absolute Gasteiger partial charge is 0.317 e. The van der Waals surface area contributed by atoms with E-state index in [9.17, 15) is 14.0 Å². The molecule has 1 aliphatic carbocycles. The van der Waals surface area contributed by atoms with Gasteiger partial charge in [0.15, 0.2) is 11.6 Å². The molecule has 0 aromatic heterocycles. The van der Waals surface area contributed by atoms with Crippen LogP contribution in [0.2, 0.25) is 0 Å². The molecule has 0 spiro atoms. The molecule has 2 fully saturated rings. The summed E-state index contributed by atoms with van der Waals surface area (Å²) >= 11 is 0. The summed E-state index contributed by atoms with van der Waals surface area (Å²) in [7, 11) is 1.43. The van der Waals surface area contributed by atoms with E-state index in [1.165, 1.54) is 13.2 Å². The Hall–Kier alpha value is -2.31. The number of aliphatic carboxylic acids is 1. The number of amides is 2. The monoisotopic (exact) mass is 350 g/mol. The quantitative estimate of drug-likeness (QED) is 0.875. The van der Waals surface area contributed by atoms with Crippen LogP contribution in [0.5, 0.6) is 5.75 Å². The average Bonchev–Trinajstić information content (AvgIpc) is 2.57. The maximum Gasteiger partial charge on any atom is 0.317 e. The van der Waals surface area contributed by atoms with Crippen molar-refractivity contribution in [1.29, 1.82) is 0 Å². The van der Waals surface area contributed by atoms with Crippen LogP contribution in [-0.2, 0) is 4.79 Å². The molecule has 1 aromatic carbocycles. The first kappa shape index (κ1) is 17.5. The second kappa shape index (κ2) is 7.29. The number of nitrogens with zero attached hydrogens (tertiary/aromatic N) is 1. The minimum absolute atomic E-state index is 0.0490. The number of likely N-dealkylation sites (tertiary alicyclic amines) is 1. The second-order valence-electron chi connectivity index (χ2n) is 6.83. The number of benzene rings is 1. The largest absolute Gasteiger partial charge is 0.494 e. The Balaban J connectivity index is 1.49. The molecule has 6 nitrogen and oxygen atoms in total. The highest BCUT2D eigenvalue weighted by atomic mass is 19.1. The number of carbonyl (C=O) groups excluding carboxylic acids is 1. The molecular formula is C18H23FN2O4. The Bertz CT molecular complexity index is 660. The molecule has 1 atom stereocenters. The molecule has 3 rings (SSSR count). The van der Waals surface area contributed by atoms with Crippen molar-refractivity contribution in [2.75, 3.05) is 20.2 Å². The van der Waals surface area contributed by atoms with Gasteiger partial charge in [-0.3, -0.25) is 4.79 Å². The first-order chi connectivity index (χ1) is 12.0. The van der Waals surface area contributed by atoms with Crippen LogP contribution in [0.25, 0.3) is 0 Å². The fourth-order valence-corrected chi connectivity index (χ4v) is 3.57. The van der Waals surface area contributed by atoms with Crippen molar-refractivity contribution in [3.63, 3.8) is 0 Å². The maximum atomic E-state index is 13.8. The van der Waals surface area contributed by atoms with Gasteiger partial charge < -0.3 is 20.1 Å². The van der Waals surface area contributed by atoms with Crippen LogP contribution in [0.4, 0.5) is 9.18 Å². The van der Waals surface area contributed by atoms with E-state index in [4.69, 9.17) is 9.84 Å². The molecule has 0 bridgehead atoms. The summed E-state index contributed by atoms with van der Waals surface area (Å²) in [6.07, 6.45) is 2.85. The standard InChI is InChI=1S/C18H23FN2O4/c1-25-16-5-4-11(9-15(16)19)13-7-14(8-13)20-18(24)21-6-2-3-12(10-21)17(22)23/h4-5,9,12-14H,2-3,6-8,10H2,1H3,(H,20,24)(H,22,23). The number of urea groups is 1. The molecule has 136 valence electrons. The lowest BCUT2D eigenvalue weighted by atomic mass is 9.76. The first-order valence-electron chi connectivity index (χ1n) is 8.59. The Morgan fingerprint density at radius 2 is 2.12 bits per heavy atom. The average molecular weight is 350 g/mol. The fourth-order valence-electron chi connectivity index (χ4n) is 3.57. The molecule has 2 aliphatic rings. The number of hydrogen-bond donors (Lipinski definition) is 2. The SMILES string of the molecule is COc1ccc(C2CC(NC(=O)N3CCCC(C(=O)O)C3)C2)cc1F. The Kier molecular flexibility index (Phi) is 5.11. The number of nitrogens with one attached hydrogen (secondary N) is 1. The van der Waals surface area contributed by atoms with E-state index >= 15 is 0 Å². The summed E-state index contributed by atoms with van der Waals surface area (Å²) in [5, 5.41) is 12.1. The van der Waals surface area contributed by atoms with Crippen molar-refractivity contribution >= 4 is 12.0 Å². The topological polar surface area (TPSA) is 78.9 Å². The molecule has 1 unspecified atom stereocenters. The van der Waals surface area contributed by atoms with Gasteiger partial charge in [-0.2, -0.15) is 0 Å². The number of piperidine rings is 1. The summed E-state index contributed by atoms with van der Waals surface area (Å²) in [5.74, 6) is -1.25. The van der Waals surface area contributed by atoms with Crippen LogP contribution in [0, 0.1) is 11.7 Å². The normalized spacial score (nSPS) is 25.8. The van der Waals surface area contributed by atoms with Gasteiger partial charge in [0.05, 0.1) is 13.0 Å². The Morgan fingerprint density at radius 1 is 1.36 bits per heavy atom. The van der Waals surface area contributed by atoms with Crippen molar-refractivity contribution < 1.29 is 23.8 Å². The van der Waals surface area contributed by atoms with Gasteiger partial charge in [-0.05, 0) is 49.3 Å². The van der Waals surface area contributed by atoms with Gasteiger partial charge in [-0.15, -0.1) is 0 Å². The van der Waals surface area contributed by atoms with Crippen molar-refractivity contribution in [3.05, 3.63) is 29.6 Å². The zero-order valence-corrected chi connectivity index (χ0v) is 14.2. The molecule has 7 heteroatoms. The number of carboxylic acid groups (broad SMARTS) is 1. The van der Waals surface area contributed by atoms with Crippen LogP contribution < -0.4 is 10.1 Å². The summed E-state index contributed by atoms with van der Waals surface area (Å²) in [6.45, 7) is 0.858. The summed E-state index contributed by atoms with van der Waals surface area (Å²) in [4.78, 5) is 25.0. The van der Waals surface area contributed by atoms with Gasteiger partial charge in [-0.25, -0.2) is 9.18 Å². The Labute approximate surface area is 146 Å². The number of halogens is 1. The molecular weight excluding hydrogens is 327 g/mol. The van der Waals surface area contributed by atoms with Crippen LogP contribution in [0.1, 0.15) is 37.2 Å². The van der Waals surface area contributed by atoms with Gasteiger partial charge >= 0.3 is 12.0 Å². The number of carboxylic acids is 1. The van der Waals surface area contributed by atoms with Crippen molar-refractivity contribution in [3.8, 4) is 5.75 Å². The molecule has 1 heterocycles. The van der Waals surface area contributed by atoms with Crippen LogP contribution in [0.15, 0.2) is 18.2 Å². The summed E-state index contributed by atoms with van der Waals surface area (Å²) in [6, 6.07) is 4.82. The Morgan fingerprint density at radius 3 is 2.76 bits per heavy atom. The zero-order valence-electron chi connectivity index (χ0n) is 14.2. The summed E-state index contributed by atoms with van der Waals surface area (Å²) in [5.41, 5.74) is 0.910. The van der Waals surface area contributed by atoms with Crippen LogP contribution in [0.3, 0.4) is 0 Å². The van der Waals surface area contributed by atoms with Crippen LogP contribution >= 0.6 is 0 Å². The number of rotatable bonds is 4. The molecule has 1 saturated heterocycles. The number of methoxy groups -OCH3 is 1. The lowest BCUT2D eigenvalue weighted by Gasteiger charge is -2.38. The fraction of sp³-hybridized carbons (Fsp3) is 0.556. The molecule has 0 radical (unpaired) electrons. The minimum Gasteiger partial charge on any atom is -0.494 e. The van der Waals surface area contributed by atoms with Crippen LogP contribution in [-0.4, -0.2) is 48.2 Å². The predicted octanol–water partition coefficient (Wildman–Crippen LogP) is 2.59. The lowest BCUT2D eigenvalue weighted by molar-refractivity contribution is -0.143. The highest BCUT2D eigenvalue weighted by Gasteiger charge is 2.34. The number of ether oxygens (including phenoxy) is 1. The number of carbonyl (C=O) groups is 2. The van der Waals surface area contributed by atoms with Gasteiger partial charge in [0.2, 0.25) is 0 Å². The van der Waals surface area contributed by atoms with Gasteiger partial charge in [0.1, 0.15) is 0 Å². The van der Waals surface area contributed by atoms with E-state index in [-0.39, 0.29) is 36.1 Å². The third-order valence-corrected chi connectivity index (χ3v) is 5.17.